The van der Waals surface area contributed by atoms with Crippen LogP contribution < -0.4 is 21.3 Å². The lowest BCUT2D eigenvalue weighted by Crippen LogP contribution is -2.56. The second-order valence-electron chi connectivity index (χ2n) is 10.8. The van der Waals surface area contributed by atoms with Crippen LogP contribution in [0, 0.1) is 5.92 Å². The molecule has 8 heteroatoms. The van der Waals surface area contributed by atoms with E-state index in [0.29, 0.717) is 12.8 Å². The Hall–Kier alpha value is -3.49. The summed E-state index contributed by atoms with van der Waals surface area (Å²) in [4.78, 5) is 39.4. The number of benzene rings is 2. The maximum Gasteiger partial charge on any atom is 0.244 e. The third-order valence-electron chi connectivity index (χ3n) is 7.85. The quantitative estimate of drug-likeness (QED) is 0.294. The fraction of sp³-hybridized carbons (Fsp3) is 0.406. The number of carbonyl (C=O) groups excluding carboxylic acids is 3. The van der Waals surface area contributed by atoms with E-state index in [-0.39, 0.29) is 23.6 Å². The van der Waals surface area contributed by atoms with E-state index >= 15 is 0 Å². The molecule has 0 spiro atoms. The van der Waals surface area contributed by atoms with Gasteiger partial charge in [-0.1, -0.05) is 48.5 Å². The van der Waals surface area contributed by atoms with Gasteiger partial charge in [0.25, 0.3) is 0 Å². The molecule has 210 valence electrons. The van der Waals surface area contributed by atoms with E-state index in [1.807, 2.05) is 18.2 Å². The molecule has 2 aliphatic rings. The molecule has 0 unspecified atom stereocenters. The highest BCUT2D eigenvalue weighted by atomic mass is 32.1. The van der Waals surface area contributed by atoms with Crippen LogP contribution in [0.4, 0.5) is 0 Å². The Bertz CT molecular complexity index is 1390. The number of carbonyl (C=O) groups is 3. The van der Waals surface area contributed by atoms with E-state index in [4.69, 9.17) is 0 Å². The molecule has 3 amide bonds. The first-order valence-corrected chi connectivity index (χ1v) is 15.2. The molecule has 1 aromatic heterocycles. The van der Waals surface area contributed by atoms with Gasteiger partial charge in [0, 0.05) is 30.4 Å². The van der Waals surface area contributed by atoms with Crippen LogP contribution in [0.25, 0.3) is 15.7 Å². The van der Waals surface area contributed by atoms with Gasteiger partial charge in [0.2, 0.25) is 17.7 Å². The van der Waals surface area contributed by atoms with Crippen molar-refractivity contribution >= 4 is 44.7 Å². The minimum absolute atomic E-state index is 0.0796. The Balaban J connectivity index is 1.38. The van der Waals surface area contributed by atoms with Gasteiger partial charge in [0.05, 0.1) is 0 Å². The summed E-state index contributed by atoms with van der Waals surface area (Å²) >= 11 is 1.65. The zero-order valence-corrected chi connectivity index (χ0v) is 23.8. The molecular formula is C32H38N4O3S. The Morgan fingerprint density at radius 2 is 1.75 bits per heavy atom. The van der Waals surface area contributed by atoms with Crippen molar-refractivity contribution in [2.75, 3.05) is 13.1 Å². The second kappa shape index (κ2) is 13.2. The summed E-state index contributed by atoms with van der Waals surface area (Å²) in [6, 6.07) is 15.7. The van der Waals surface area contributed by atoms with Gasteiger partial charge >= 0.3 is 0 Å². The van der Waals surface area contributed by atoms with Crippen LogP contribution in [0.15, 0.2) is 60.0 Å². The summed E-state index contributed by atoms with van der Waals surface area (Å²) in [5.74, 6) is -0.706. The van der Waals surface area contributed by atoms with Gasteiger partial charge in [-0.3, -0.25) is 14.4 Å². The Morgan fingerprint density at radius 1 is 0.975 bits per heavy atom. The summed E-state index contributed by atoms with van der Waals surface area (Å²) in [6.45, 7) is 3.05. The number of thiophene rings is 1. The fourth-order valence-electron chi connectivity index (χ4n) is 5.79. The predicted octanol–water partition coefficient (Wildman–Crippen LogP) is 4.32. The first-order valence-electron chi connectivity index (χ1n) is 14.3. The van der Waals surface area contributed by atoms with Crippen molar-refractivity contribution in [1.29, 1.82) is 0 Å². The van der Waals surface area contributed by atoms with Crippen LogP contribution in [0.3, 0.4) is 0 Å². The highest BCUT2D eigenvalue weighted by Crippen LogP contribution is 2.30. The first-order chi connectivity index (χ1) is 19.5. The van der Waals surface area contributed by atoms with Crippen LogP contribution in [0.5, 0.6) is 0 Å². The van der Waals surface area contributed by atoms with E-state index in [0.717, 1.165) is 72.0 Å². The van der Waals surface area contributed by atoms with Crippen molar-refractivity contribution in [2.24, 2.45) is 5.92 Å². The van der Waals surface area contributed by atoms with Gasteiger partial charge in [-0.25, -0.2) is 0 Å². The van der Waals surface area contributed by atoms with Crippen LogP contribution in [-0.4, -0.2) is 43.0 Å². The number of hydrogen-bond donors (Lipinski definition) is 4. The van der Waals surface area contributed by atoms with Gasteiger partial charge in [0.15, 0.2) is 0 Å². The van der Waals surface area contributed by atoms with Crippen molar-refractivity contribution in [3.63, 3.8) is 0 Å². The van der Waals surface area contributed by atoms with Crippen LogP contribution >= 0.6 is 11.3 Å². The smallest absolute Gasteiger partial charge is 0.244 e. The van der Waals surface area contributed by atoms with Gasteiger partial charge in [0.1, 0.15) is 12.2 Å². The summed E-state index contributed by atoms with van der Waals surface area (Å²) in [5.41, 5.74) is 4.57. The number of aryl methyl sites for hydroxylation is 1. The normalized spacial score (nSPS) is 17.2. The summed E-state index contributed by atoms with van der Waals surface area (Å²) in [5, 5.41) is 15.6. The molecule has 1 saturated heterocycles. The van der Waals surface area contributed by atoms with E-state index in [1.165, 1.54) is 12.5 Å². The largest absolute Gasteiger partial charge is 0.344 e. The predicted molar refractivity (Wildman–Crippen MR) is 161 cm³/mol. The number of rotatable bonds is 9. The SMILES string of the molecule is CC(=O)N[C@@H](Cc1csc2ccccc12)NC(=O)[C@@H](CC1=CCCCc2ccccc21)NC(=O)C1CCNCC1. The van der Waals surface area contributed by atoms with Crippen molar-refractivity contribution in [2.45, 2.75) is 64.1 Å². The van der Waals surface area contributed by atoms with E-state index < -0.39 is 12.2 Å². The molecule has 0 bridgehead atoms. The molecule has 2 heterocycles. The Labute approximate surface area is 239 Å². The number of nitrogens with one attached hydrogen (secondary N) is 4. The standard InChI is InChI=1S/C32H38N4O3S/c1-21(37)34-30(19-25-20-40-29-13-7-6-12-27(25)29)36-32(39)28(35-31(38)23-14-16-33-17-15-23)18-24-10-3-2-8-22-9-4-5-11-26(22)24/h4-7,9-13,20,23,28,30,33H,2-3,8,14-19H2,1H3,(H,34,37)(H,35,38)(H,36,39)/t28-,30-/m1/s1. The maximum absolute atomic E-state index is 13.9. The van der Waals surface area contributed by atoms with E-state index in [1.54, 1.807) is 11.3 Å². The molecule has 2 aromatic carbocycles. The highest BCUT2D eigenvalue weighted by Gasteiger charge is 2.30. The molecule has 40 heavy (non-hydrogen) atoms. The maximum atomic E-state index is 13.9. The number of fused-ring (bicyclic) bond motifs is 2. The number of piperidine rings is 1. The minimum Gasteiger partial charge on any atom is -0.344 e. The summed E-state index contributed by atoms with van der Waals surface area (Å²) in [6.07, 6.45) is 6.95. The molecule has 1 aliphatic carbocycles. The number of hydrogen-bond acceptors (Lipinski definition) is 5. The summed E-state index contributed by atoms with van der Waals surface area (Å²) < 4.78 is 1.16. The topological polar surface area (TPSA) is 99.3 Å². The zero-order valence-electron chi connectivity index (χ0n) is 23.0. The van der Waals surface area contributed by atoms with Crippen LogP contribution in [0.2, 0.25) is 0 Å². The number of allylic oxidation sites excluding steroid dienone is 1. The Morgan fingerprint density at radius 3 is 2.58 bits per heavy atom. The van der Waals surface area contributed by atoms with Crippen molar-refractivity contribution < 1.29 is 14.4 Å². The van der Waals surface area contributed by atoms with Crippen molar-refractivity contribution in [3.05, 3.63) is 76.7 Å². The van der Waals surface area contributed by atoms with E-state index in [9.17, 15) is 14.4 Å². The molecule has 1 fully saturated rings. The Kier molecular flexibility index (Phi) is 9.29. The lowest BCUT2D eigenvalue weighted by molar-refractivity contribution is -0.132. The highest BCUT2D eigenvalue weighted by molar-refractivity contribution is 7.17. The fourth-order valence-corrected chi connectivity index (χ4v) is 6.77. The molecule has 2 atom stereocenters. The average molecular weight is 559 g/mol. The van der Waals surface area contributed by atoms with Gasteiger partial charge in [-0.2, -0.15) is 0 Å². The monoisotopic (exact) mass is 558 g/mol. The molecule has 0 radical (unpaired) electrons. The molecule has 4 N–H and O–H groups in total. The molecule has 7 nitrogen and oxygen atoms in total. The van der Waals surface area contributed by atoms with Crippen molar-refractivity contribution in [3.8, 4) is 0 Å². The lowest BCUT2D eigenvalue weighted by atomic mass is 9.92. The average Bonchev–Trinajstić information content (AvgIpc) is 3.25. The molecule has 1 aliphatic heterocycles. The van der Waals surface area contributed by atoms with Gasteiger partial charge in [-0.05, 0) is 84.3 Å². The zero-order chi connectivity index (χ0) is 27.9. The lowest BCUT2D eigenvalue weighted by Gasteiger charge is -2.28. The van der Waals surface area contributed by atoms with E-state index in [2.05, 4.69) is 63.1 Å². The van der Waals surface area contributed by atoms with Crippen LogP contribution in [0.1, 0.15) is 55.7 Å². The molecule has 3 aromatic rings. The van der Waals surface area contributed by atoms with Gasteiger partial charge in [-0.15, -0.1) is 11.3 Å². The second-order valence-corrected chi connectivity index (χ2v) is 11.7. The molecular weight excluding hydrogens is 520 g/mol. The third-order valence-corrected chi connectivity index (χ3v) is 8.86. The minimum atomic E-state index is -0.754. The third kappa shape index (κ3) is 6.98. The molecule has 0 saturated carbocycles. The van der Waals surface area contributed by atoms with Gasteiger partial charge < -0.3 is 21.3 Å². The van der Waals surface area contributed by atoms with Crippen molar-refractivity contribution in [1.82, 2.24) is 21.3 Å². The van der Waals surface area contributed by atoms with Crippen LogP contribution in [-0.2, 0) is 27.2 Å². The molecule has 5 rings (SSSR count). The number of amides is 3. The summed E-state index contributed by atoms with van der Waals surface area (Å²) in [7, 11) is 0. The first kappa shape index (κ1) is 28.1.